The van der Waals surface area contributed by atoms with Gasteiger partial charge in [0.15, 0.2) is 16.3 Å². The number of aromatic nitrogens is 2. The van der Waals surface area contributed by atoms with Gasteiger partial charge in [-0.05, 0) is 30.3 Å². The Labute approximate surface area is 127 Å². The summed E-state index contributed by atoms with van der Waals surface area (Å²) in [5.74, 6) is -0.198. The SMILES string of the molecule is CCc1ccccc1-n1c(=S)[nH]c2cc(F)c(OC)cc21. The number of rotatable bonds is 3. The Morgan fingerprint density at radius 3 is 2.76 bits per heavy atom. The van der Waals surface area contributed by atoms with Crippen LogP contribution < -0.4 is 4.74 Å². The largest absolute Gasteiger partial charge is 0.494 e. The van der Waals surface area contributed by atoms with E-state index in [2.05, 4.69) is 18.0 Å². The number of benzene rings is 2. The fourth-order valence-corrected chi connectivity index (χ4v) is 2.84. The lowest BCUT2D eigenvalue weighted by atomic mass is 10.1. The minimum atomic E-state index is -0.405. The molecule has 0 fully saturated rings. The van der Waals surface area contributed by atoms with E-state index in [1.165, 1.54) is 18.7 Å². The Morgan fingerprint density at radius 1 is 1.29 bits per heavy atom. The Morgan fingerprint density at radius 2 is 2.05 bits per heavy atom. The van der Waals surface area contributed by atoms with Crippen LogP contribution in [-0.4, -0.2) is 16.7 Å². The van der Waals surface area contributed by atoms with Crippen LogP contribution in [0, 0.1) is 10.6 Å². The number of aryl methyl sites for hydroxylation is 1. The predicted molar refractivity (Wildman–Crippen MR) is 84.3 cm³/mol. The van der Waals surface area contributed by atoms with Crippen molar-refractivity contribution in [2.45, 2.75) is 13.3 Å². The zero-order valence-corrected chi connectivity index (χ0v) is 12.6. The van der Waals surface area contributed by atoms with Gasteiger partial charge >= 0.3 is 0 Å². The average Bonchev–Trinajstić information content (AvgIpc) is 2.80. The number of hydrogen-bond acceptors (Lipinski definition) is 2. The molecule has 0 bridgehead atoms. The van der Waals surface area contributed by atoms with E-state index in [4.69, 9.17) is 17.0 Å². The molecule has 3 rings (SSSR count). The highest BCUT2D eigenvalue weighted by Gasteiger charge is 2.13. The molecule has 21 heavy (non-hydrogen) atoms. The van der Waals surface area contributed by atoms with E-state index in [-0.39, 0.29) is 5.75 Å². The number of hydrogen-bond donors (Lipinski definition) is 1. The second kappa shape index (κ2) is 5.33. The van der Waals surface area contributed by atoms with Gasteiger partial charge in [-0.15, -0.1) is 0 Å². The maximum atomic E-state index is 13.8. The van der Waals surface area contributed by atoms with Crippen molar-refractivity contribution in [3.05, 3.63) is 52.5 Å². The number of H-pyrrole nitrogens is 1. The molecular formula is C16H15FN2OS. The highest BCUT2D eigenvalue weighted by Crippen LogP contribution is 2.28. The van der Waals surface area contributed by atoms with Crippen molar-refractivity contribution in [2.24, 2.45) is 0 Å². The molecule has 3 aromatic rings. The topological polar surface area (TPSA) is 29.9 Å². The summed E-state index contributed by atoms with van der Waals surface area (Å²) in [7, 11) is 1.45. The summed E-state index contributed by atoms with van der Waals surface area (Å²) in [6, 6.07) is 11.1. The molecule has 1 aromatic heterocycles. The molecule has 1 heterocycles. The van der Waals surface area contributed by atoms with Crippen LogP contribution in [0.4, 0.5) is 4.39 Å². The summed E-state index contributed by atoms with van der Waals surface area (Å²) in [5.41, 5.74) is 3.64. The van der Waals surface area contributed by atoms with Crippen molar-refractivity contribution in [3.63, 3.8) is 0 Å². The lowest BCUT2D eigenvalue weighted by molar-refractivity contribution is 0.387. The van der Waals surface area contributed by atoms with Crippen LogP contribution in [0.3, 0.4) is 0 Å². The number of halogens is 1. The quantitative estimate of drug-likeness (QED) is 0.727. The van der Waals surface area contributed by atoms with Gasteiger partial charge < -0.3 is 9.72 Å². The van der Waals surface area contributed by atoms with E-state index in [0.717, 1.165) is 17.6 Å². The number of nitrogens with one attached hydrogen (secondary N) is 1. The zero-order valence-electron chi connectivity index (χ0n) is 11.8. The number of methoxy groups -OCH3 is 1. The first kappa shape index (κ1) is 13.8. The van der Waals surface area contributed by atoms with Crippen LogP contribution in [0.2, 0.25) is 0 Å². The van der Waals surface area contributed by atoms with Gasteiger partial charge in [0.2, 0.25) is 0 Å². The number of fused-ring (bicyclic) bond motifs is 1. The fourth-order valence-electron chi connectivity index (χ4n) is 2.53. The molecule has 0 aliphatic heterocycles. The van der Waals surface area contributed by atoms with Crippen molar-refractivity contribution in [3.8, 4) is 11.4 Å². The fraction of sp³-hybridized carbons (Fsp3) is 0.188. The third-order valence-electron chi connectivity index (χ3n) is 3.57. The minimum Gasteiger partial charge on any atom is -0.494 e. The summed E-state index contributed by atoms with van der Waals surface area (Å²) in [6.07, 6.45) is 0.892. The predicted octanol–water partition coefficient (Wildman–Crippen LogP) is 4.40. The van der Waals surface area contributed by atoms with Gasteiger partial charge in [0.25, 0.3) is 0 Å². The molecule has 0 spiro atoms. The monoisotopic (exact) mass is 302 g/mol. The highest BCUT2D eigenvalue weighted by atomic mass is 32.1. The van der Waals surface area contributed by atoms with Gasteiger partial charge in [0.1, 0.15) is 0 Å². The van der Waals surface area contributed by atoms with Gasteiger partial charge in [-0.2, -0.15) is 0 Å². The second-order valence-electron chi connectivity index (χ2n) is 4.75. The summed E-state index contributed by atoms with van der Waals surface area (Å²) < 4.78 is 21.4. The van der Waals surface area contributed by atoms with Crippen molar-refractivity contribution in [1.82, 2.24) is 9.55 Å². The molecule has 5 heteroatoms. The first-order chi connectivity index (χ1) is 10.2. The first-order valence-electron chi connectivity index (χ1n) is 6.72. The molecule has 0 unspecified atom stereocenters. The average molecular weight is 302 g/mol. The number of imidazole rings is 1. The number of nitrogens with zero attached hydrogens (tertiary/aromatic N) is 1. The number of ether oxygens (including phenoxy) is 1. The van der Waals surface area contributed by atoms with E-state index in [1.54, 1.807) is 6.07 Å². The van der Waals surface area contributed by atoms with E-state index < -0.39 is 5.82 Å². The summed E-state index contributed by atoms with van der Waals surface area (Å²) in [6.45, 7) is 2.09. The van der Waals surface area contributed by atoms with Gasteiger partial charge in [-0.25, -0.2) is 4.39 Å². The summed E-state index contributed by atoms with van der Waals surface area (Å²) in [4.78, 5) is 3.05. The Kier molecular flexibility index (Phi) is 3.51. The molecule has 0 aliphatic carbocycles. The molecule has 3 nitrogen and oxygen atoms in total. The molecule has 0 atom stereocenters. The van der Waals surface area contributed by atoms with Crippen LogP contribution >= 0.6 is 12.2 Å². The summed E-state index contributed by atoms with van der Waals surface area (Å²) in [5, 5.41) is 0. The number of para-hydroxylation sites is 1. The zero-order chi connectivity index (χ0) is 15.0. The van der Waals surface area contributed by atoms with Crippen LogP contribution in [0.1, 0.15) is 12.5 Å². The standard InChI is InChI=1S/C16H15FN2OS/c1-3-10-6-4-5-7-13(10)19-14-9-15(20-2)11(17)8-12(14)18-16(19)21/h4-9H,3H2,1-2H3,(H,18,21). The van der Waals surface area contributed by atoms with Crippen LogP contribution in [0.15, 0.2) is 36.4 Å². The lowest BCUT2D eigenvalue weighted by Gasteiger charge is -2.10. The van der Waals surface area contributed by atoms with Crippen LogP contribution in [0.5, 0.6) is 5.75 Å². The smallest absolute Gasteiger partial charge is 0.182 e. The first-order valence-corrected chi connectivity index (χ1v) is 7.13. The van der Waals surface area contributed by atoms with Gasteiger partial charge in [-0.3, -0.25) is 4.57 Å². The van der Waals surface area contributed by atoms with E-state index in [1.807, 2.05) is 22.8 Å². The van der Waals surface area contributed by atoms with Gasteiger partial charge in [0, 0.05) is 12.1 Å². The van der Waals surface area contributed by atoms with Crippen LogP contribution in [-0.2, 0) is 6.42 Å². The molecule has 1 N–H and O–H groups in total. The molecule has 0 saturated heterocycles. The van der Waals surface area contributed by atoms with E-state index in [0.29, 0.717) is 10.3 Å². The van der Waals surface area contributed by atoms with E-state index in [9.17, 15) is 4.39 Å². The molecule has 0 amide bonds. The second-order valence-corrected chi connectivity index (χ2v) is 5.14. The van der Waals surface area contributed by atoms with Crippen molar-refractivity contribution >= 4 is 23.3 Å². The Bertz CT molecular complexity index is 866. The maximum Gasteiger partial charge on any atom is 0.182 e. The maximum absolute atomic E-state index is 13.8. The van der Waals surface area contributed by atoms with Crippen molar-refractivity contribution in [2.75, 3.05) is 7.11 Å². The van der Waals surface area contributed by atoms with Crippen LogP contribution in [0.25, 0.3) is 16.7 Å². The van der Waals surface area contributed by atoms with Gasteiger partial charge in [-0.1, -0.05) is 25.1 Å². The normalized spacial score (nSPS) is 11.0. The van der Waals surface area contributed by atoms with Crippen molar-refractivity contribution < 1.29 is 9.13 Å². The molecule has 108 valence electrons. The van der Waals surface area contributed by atoms with E-state index >= 15 is 0 Å². The summed E-state index contributed by atoms with van der Waals surface area (Å²) >= 11 is 5.41. The molecule has 0 radical (unpaired) electrons. The molecule has 0 saturated carbocycles. The third-order valence-corrected chi connectivity index (χ3v) is 3.85. The third kappa shape index (κ3) is 2.23. The lowest BCUT2D eigenvalue weighted by Crippen LogP contribution is -1.99. The van der Waals surface area contributed by atoms with Crippen molar-refractivity contribution in [1.29, 1.82) is 0 Å². The number of aromatic amines is 1. The Hall–Kier alpha value is -2.14. The molecule has 2 aromatic carbocycles. The minimum absolute atomic E-state index is 0.208. The van der Waals surface area contributed by atoms with Gasteiger partial charge in [0.05, 0.1) is 23.8 Å². The molecule has 0 aliphatic rings. The Balaban J connectivity index is 2.37. The highest BCUT2D eigenvalue weighted by molar-refractivity contribution is 7.71. The molecular weight excluding hydrogens is 287 g/mol.